The van der Waals surface area contributed by atoms with Crippen LogP contribution in [0, 0.1) is 0 Å². The van der Waals surface area contributed by atoms with Crippen molar-refractivity contribution in [1.29, 1.82) is 0 Å². The third-order valence-corrected chi connectivity index (χ3v) is 3.24. The van der Waals surface area contributed by atoms with E-state index in [0.29, 0.717) is 11.1 Å². The van der Waals surface area contributed by atoms with Gasteiger partial charge in [-0.25, -0.2) is 0 Å². The minimum absolute atomic E-state index is 0.152. The lowest BCUT2D eigenvalue weighted by Gasteiger charge is -2.11. The fourth-order valence-corrected chi connectivity index (χ4v) is 2.25. The van der Waals surface area contributed by atoms with Crippen molar-refractivity contribution in [1.82, 2.24) is 0 Å². The van der Waals surface area contributed by atoms with Crippen molar-refractivity contribution in [2.45, 2.75) is 6.18 Å². The highest BCUT2D eigenvalue weighted by Gasteiger charge is 2.30. The lowest BCUT2D eigenvalue weighted by Crippen LogP contribution is -2.04. The molecule has 0 aliphatic carbocycles. The van der Waals surface area contributed by atoms with Gasteiger partial charge in [0.05, 0.1) is 5.56 Å². The number of hydrogen-bond acceptors (Lipinski definition) is 1. The van der Waals surface area contributed by atoms with Gasteiger partial charge in [-0.05, 0) is 41.4 Å². The highest BCUT2D eigenvalue weighted by molar-refractivity contribution is 6.68. The summed E-state index contributed by atoms with van der Waals surface area (Å²) in [5.41, 5.74) is 0.0986. The van der Waals surface area contributed by atoms with Crippen molar-refractivity contribution in [2.75, 3.05) is 0 Å². The van der Waals surface area contributed by atoms with Gasteiger partial charge in [0.1, 0.15) is 0 Å². The second-order valence-electron chi connectivity index (χ2n) is 4.01. The highest BCUT2D eigenvalue weighted by atomic mass is 35.5. The maximum Gasteiger partial charge on any atom is 0.416 e. The molecule has 0 fully saturated rings. The van der Waals surface area contributed by atoms with Crippen LogP contribution in [-0.2, 0) is 6.18 Å². The quantitative estimate of drug-likeness (QED) is 0.677. The van der Waals surface area contributed by atoms with Crippen LogP contribution in [0.1, 0.15) is 15.9 Å². The Kier molecular flexibility index (Phi) is 4.06. The zero-order valence-corrected chi connectivity index (χ0v) is 11.4. The summed E-state index contributed by atoms with van der Waals surface area (Å²) in [7, 11) is 0. The van der Waals surface area contributed by atoms with E-state index in [1.54, 1.807) is 6.07 Å². The summed E-state index contributed by atoms with van der Waals surface area (Å²) in [5.74, 6) is 0. The van der Waals surface area contributed by atoms with E-state index in [1.807, 2.05) is 0 Å². The summed E-state index contributed by atoms with van der Waals surface area (Å²) < 4.78 is 37.5. The molecule has 0 radical (unpaired) electrons. The predicted octanol–water partition coefficient (Wildman–Crippen LogP) is 5.40. The van der Waals surface area contributed by atoms with E-state index in [0.717, 1.165) is 12.1 Å². The molecule has 6 heteroatoms. The first-order valence-corrected chi connectivity index (χ1v) is 6.22. The molecule has 1 nitrogen and oxygen atoms in total. The van der Waals surface area contributed by atoms with E-state index in [4.69, 9.17) is 23.2 Å². The predicted molar refractivity (Wildman–Crippen MR) is 72.1 cm³/mol. The third-order valence-electron chi connectivity index (χ3n) is 2.73. The summed E-state index contributed by atoms with van der Waals surface area (Å²) in [6.07, 6.45) is -4.41. The van der Waals surface area contributed by atoms with Gasteiger partial charge >= 0.3 is 6.18 Å². The highest BCUT2D eigenvalue weighted by Crippen LogP contribution is 2.35. The molecule has 2 aromatic carbocycles. The van der Waals surface area contributed by atoms with Gasteiger partial charge in [-0.2, -0.15) is 13.2 Å². The number of halogens is 5. The Morgan fingerprint density at radius 2 is 1.60 bits per heavy atom. The lowest BCUT2D eigenvalue weighted by atomic mass is 9.99. The average molecular weight is 319 g/mol. The monoisotopic (exact) mass is 318 g/mol. The molecule has 2 rings (SSSR count). The van der Waals surface area contributed by atoms with E-state index >= 15 is 0 Å². The number of rotatable bonds is 2. The summed E-state index contributed by atoms with van der Waals surface area (Å²) in [6, 6.07) is 8.93. The van der Waals surface area contributed by atoms with Gasteiger partial charge < -0.3 is 0 Å². The maximum absolute atomic E-state index is 12.5. The van der Waals surface area contributed by atoms with E-state index in [1.165, 1.54) is 24.3 Å². The first kappa shape index (κ1) is 14.9. The number of carbonyl (C=O) groups excluding carboxylic acids is 1. The van der Waals surface area contributed by atoms with Crippen LogP contribution < -0.4 is 0 Å². The number of benzene rings is 2. The van der Waals surface area contributed by atoms with Crippen molar-refractivity contribution in [3.8, 4) is 11.1 Å². The fraction of sp³-hybridized carbons (Fsp3) is 0.0714. The molecule has 0 amide bonds. The van der Waals surface area contributed by atoms with Gasteiger partial charge in [-0.15, -0.1) is 0 Å². The third kappa shape index (κ3) is 2.97. The average Bonchev–Trinajstić information content (AvgIpc) is 2.37. The van der Waals surface area contributed by atoms with Crippen LogP contribution in [0.2, 0.25) is 5.02 Å². The molecule has 0 aromatic heterocycles. The SMILES string of the molecule is O=C(Cl)c1cccc(Cl)c1-c1ccc(C(F)(F)F)cc1. The molecular weight excluding hydrogens is 312 g/mol. The molecule has 0 unspecified atom stereocenters. The van der Waals surface area contributed by atoms with Gasteiger partial charge in [0, 0.05) is 16.1 Å². The molecule has 20 heavy (non-hydrogen) atoms. The molecule has 2 aromatic rings. The molecule has 0 aliphatic heterocycles. The normalized spacial score (nSPS) is 11.4. The molecule has 0 heterocycles. The summed E-state index contributed by atoms with van der Waals surface area (Å²) in [5, 5.41) is -0.473. The van der Waals surface area contributed by atoms with Gasteiger partial charge in [0.25, 0.3) is 5.24 Å². The van der Waals surface area contributed by atoms with Crippen molar-refractivity contribution in [3.63, 3.8) is 0 Å². The van der Waals surface area contributed by atoms with Gasteiger partial charge in [0.15, 0.2) is 0 Å². The van der Waals surface area contributed by atoms with Crippen LogP contribution in [0.3, 0.4) is 0 Å². The minimum Gasteiger partial charge on any atom is -0.276 e. The Morgan fingerprint density at radius 3 is 2.10 bits per heavy atom. The smallest absolute Gasteiger partial charge is 0.276 e. The molecule has 104 valence electrons. The number of alkyl halides is 3. The Bertz CT molecular complexity index is 648. The second kappa shape index (κ2) is 5.46. The van der Waals surface area contributed by atoms with Gasteiger partial charge in [0.2, 0.25) is 0 Å². The zero-order chi connectivity index (χ0) is 14.9. The van der Waals surface area contributed by atoms with E-state index in [2.05, 4.69) is 0 Å². The molecule has 0 atom stereocenters. The molecule has 0 saturated carbocycles. The van der Waals surface area contributed by atoms with Crippen LogP contribution in [-0.4, -0.2) is 5.24 Å². The van der Waals surface area contributed by atoms with Crippen molar-refractivity contribution < 1.29 is 18.0 Å². The molecule has 0 spiro atoms. The Balaban J connectivity index is 2.55. The first-order valence-electron chi connectivity index (χ1n) is 5.46. The van der Waals surface area contributed by atoms with Crippen molar-refractivity contribution in [3.05, 3.63) is 58.6 Å². The van der Waals surface area contributed by atoms with Crippen LogP contribution >= 0.6 is 23.2 Å². The largest absolute Gasteiger partial charge is 0.416 e. The van der Waals surface area contributed by atoms with Crippen LogP contribution in [0.4, 0.5) is 13.2 Å². The zero-order valence-electron chi connectivity index (χ0n) is 9.84. The fourth-order valence-electron chi connectivity index (χ4n) is 1.81. The summed E-state index contributed by atoms with van der Waals surface area (Å²) in [4.78, 5) is 11.3. The van der Waals surface area contributed by atoms with Crippen molar-refractivity contribution >= 4 is 28.4 Å². The molecule has 0 aliphatic rings. The van der Waals surface area contributed by atoms with Gasteiger partial charge in [-0.3, -0.25) is 4.79 Å². The second-order valence-corrected chi connectivity index (χ2v) is 4.76. The van der Waals surface area contributed by atoms with Crippen molar-refractivity contribution in [2.24, 2.45) is 0 Å². The Morgan fingerprint density at radius 1 is 1.00 bits per heavy atom. The summed E-state index contributed by atoms with van der Waals surface area (Å²) in [6.45, 7) is 0. The van der Waals surface area contributed by atoms with Crippen LogP contribution in [0.15, 0.2) is 42.5 Å². The first-order chi connectivity index (χ1) is 9.30. The Hall–Kier alpha value is -1.52. The van der Waals surface area contributed by atoms with Gasteiger partial charge in [-0.1, -0.05) is 29.8 Å². The molecule has 0 bridgehead atoms. The van der Waals surface area contributed by atoms with Crippen LogP contribution in [0.5, 0.6) is 0 Å². The van der Waals surface area contributed by atoms with E-state index < -0.39 is 17.0 Å². The standard InChI is InChI=1S/C14H7Cl2F3O/c15-11-3-1-2-10(13(16)20)12(11)8-4-6-9(7-5-8)14(17,18)19/h1-7H. The molecule has 0 N–H and O–H groups in total. The molecule has 0 saturated heterocycles. The molecular formula is C14H7Cl2F3O. The Labute approximate surface area is 122 Å². The topological polar surface area (TPSA) is 17.1 Å². The number of carbonyl (C=O) groups is 1. The van der Waals surface area contributed by atoms with E-state index in [-0.39, 0.29) is 10.6 Å². The van der Waals surface area contributed by atoms with Crippen LogP contribution in [0.25, 0.3) is 11.1 Å². The minimum atomic E-state index is -4.41. The maximum atomic E-state index is 12.5. The summed E-state index contributed by atoms with van der Waals surface area (Å²) >= 11 is 11.5. The van der Waals surface area contributed by atoms with E-state index in [9.17, 15) is 18.0 Å². The lowest BCUT2D eigenvalue weighted by molar-refractivity contribution is -0.137. The number of hydrogen-bond donors (Lipinski definition) is 0.